The van der Waals surface area contributed by atoms with Crippen LogP contribution in [0.1, 0.15) is 24.2 Å². The van der Waals surface area contributed by atoms with Gasteiger partial charge >= 0.3 is 0 Å². The van der Waals surface area contributed by atoms with Crippen LogP contribution in [0, 0.1) is 10.1 Å². The number of benzene rings is 1. The molecular weight excluding hydrogens is 274 g/mol. The standard InChI is InChI=1S/C14H21N3O4/c1-4-15-13-7-6-11(17(19)20)10-12(13)14(18)16(3)8-9-21-5-2/h6-7,10,15H,4-5,8-9H2,1-3H3. The van der Waals surface area contributed by atoms with Gasteiger partial charge in [0.1, 0.15) is 0 Å². The molecule has 1 aromatic carbocycles. The fourth-order valence-corrected chi connectivity index (χ4v) is 1.82. The van der Waals surface area contributed by atoms with Crippen LogP contribution in [0.25, 0.3) is 0 Å². The molecule has 21 heavy (non-hydrogen) atoms. The Hall–Kier alpha value is -2.15. The molecule has 0 aliphatic rings. The highest BCUT2D eigenvalue weighted by molar-refractivity contribution is 6.00. The monoisotopic (exact) mass is 295 g/mol. The van der Waals surface area contributed by atoms with E-state index in [9.17, 15) is 14.9 Å². The molecule has 0 bridgehead atoms. The number of anilines is 1. The quantitative estimate of drug-likeness (QED) is 0.451. The van der Waals surface area contributed by atoms with E-state index in [4.69, 9.17) is 4.74 Å². The molecular formula is C14H21N3O4. The molecule has 0 fully saturated rings. The Kier molecular flexibility index (Phi) is 6.61. The van der Waals surface area contributed by atoms with Gasteiger partial charge in [-0.2, -0.15) is 0 Å². The number of nitrogens with one attached hydrogen (secondary N) is 1. The summed E-state index contributed by atoms with van der Waals surface area (Å²) in [6.07, 6.45) is 0. The van der Waals surface area contributed by atoms with Gasteiger partial charge < -0.3 is 15.0 Å². The van der Waals surface area contributed by atoms with E-state index in [1.54, 1.807) is 13.1 Å². The molecule has 1 rings (SSSR count). The average Bonchev–Trinajstić information content (AvgIpc) is 2.47. The average molecular weight is 295 g/mol. The van der Waals surface area contributed by atoms with Crippen molar-refractivity contribution in [3.63, 3.8) is 0 Å². The van der Waals surface area contributed by atoms with Crippen molar-refractivity contribution < 1.29 is 14.5 Å². The molecule has 0 aliphatic carbocycles. The number of rotatable bonds is 8. The fraction of sp³-hybridized carbons (Fsp3) is 0.500. The van der Waals surface area contributed by atoms with Gasteiger partial charge in [0.05, 0.1) is 17.1 Å². The van der Waals surface area contributed by atoms with E-state index >= 15 is 0 Å². The number of amides is 1. The Morgan fingerprint density at radius 1 is 1.43 bits per heavy atom. The minimum atomic E-state index is -0.507. The SMILES string of the molecule is CCNc1ccc([N+](=O)[O-])cc1C(=O)N(C)CCOCC. The zero-order chi connectivity index (χ0) is 15.8. The fourth-order valence-electron chi connectivity index (χ4n) is 1.82. The summed E-state index contributed by atoms with van der Waals surface area (Å²) in [5.41, 5.74) is 0.791. The second-order valence-corrected chi connectivity index (χ2v) is 4.44. The third kappa shape index (κ3) is 4.71. The number of ether oxygens (including phenoxy) is 1. The van der Waals surface area contributed by atoms with Crippen molar-refractivity contribution in [3.05, 3.63) is 33.9 Å². The van der Waals surface area contributed by atoms with E-state index in [1.807, 2.05) is 13.8 Å². The summed E-state index contributed by atoms with van der Waals surface area (Å²) in [5, 5.41) is 13.9. The van der Waals surface area contributed by atoms with E-state index in [1.165, 1.54) is 17.0 Å². The summed E-state index contributed by atoms with van der Waals surface area (Å²) >= 11 is 0. The Balaban J connectivity index is 2.98. The molecule has 1 N–H and O–H groups in total. The number of carbonyl (C=O) groups is 1. The van der Waals surface area contributed by atoms with E-state index in [-0.39, 0.29) is 11.6 Å². The molecule has 1 amide bonds. The molecule has 0 heterocycles. The molecule has 0 saturated heterocycles. The van der Waals surface area contributed by atoms with Crippen LogP contribution in [0.5, 0.6) is 0 Å². The summed E-state index contributed by atoms with van der Waals surface area (Å²) in [4.78, 5) is 24.3. The predicted molar refractivity (Wildman–Crippen MR) is 80.7 cm³/mol. The Labute approximate surface area is 124 Å². The van der Waals surface area contributed by atoms with Crippen molar-refractivity contribution in [2.24, 2.45) is 0 Å². The predicted octanol–water partition coefficient (Wildman–Crippen LogP) is 2.14. The van der Waals surface area contributed by atoms with Crippen LogP contribution in [-0.2, 0) is 4.74 Å². The van der Waals surface area contributed by atoms with E-state index < -0.39 is 4.92 Å². The van der Waals surface area contributed by atoms with Crippen LogP contribution >= 0.6 is 0 Å². The molecule has 0 aromatic heterocycles. The van der Waals surface area contributed by atoms with Crippen molar-refractivity contribution in [1.82, 2.24) is 4.90 Å². The third-order valence-electron chi connectivity index (χ3n) is 2.93. The zero-order valence-electron chi connectivity index (χ0n) is 12.6. The maximum atomic E-state index is 12.4. The van der Waals surface area contributed by atoms with Crippen LogP contribution in [0.15, 0.2) is 18.2 Å². The van der Waals surface area contributed by atoms with Crippen LogP contribution in [0.3, 0.4) is 0 Å². The van der Waals surface area contributed by atoms with Gasteiger partial charge in [-0.15, -0.1) is 0 Å². The Bertz CT molecular complexity index is 505. The van der Waals surface area contributed by atoms with E-state index in [2.05, 4.69) is 5.32 Å². The molecule has 0 atom stereocenters. The maximum Gasteiger partial charge on any atom is 0.270 e. The summed E-state index contributed by atoms with van der Waals surface area (Å²) in [5.74, 6) is -0.269. The van der Waals surface area contributed by atoms with Gasteiger partial charge in [-0.05, 0) is 19.9 Å². The van der Waals surface area contributed by atoms with Gasteiger partial charge in [-0.3, -0.25) is 14.9 Å². The molecule has 1 aromatic rings. The highest BCUT2D eigenvalue weighted by Crippen LogP contribution is 2.23. The van der Waals surface area contributed by atoms with E-state index in [0.29, 0.717) is 37.6 Å². The third-order valence-corrected chi connectivity index (χ3v) is 2.93. The number of non-ortho nitro benzene ring substituents is 1. The van der Waals surface area contributed by atoms with Gasteiger partial charge in [0, 0.05) is 44.6 Å². The first-order chi connectivity index (χ1) is 10.0. The normalized spacial score (nSPS) is 10.2. The van der Waals surface area contributed by atoms with Crippen molar-refractivity contribution in [2.45, 2.75) is 13.8 Å². The lowest BCUT2D eigenvalue weighted by atomic mass is 10.1. The van der Waals surface area contributed by atoms with Crippen molar-refractivity contribution >= 4 is 17.3 Å². The van der Waals surface area contributed by atoms with Gasteiger partial charge in [-0.25, -0.2) is 0 Å². The summed E-state index contributed by atoms with van der Waals surface area (Å²) in [7, 11) is 1.65. The number of hydrogen-bond acceptors (Lipinski definition) is 5. The van der Waals surface area contributed by atoms with Gasteiger partial charge in [0.15, 0.2) is 0 Å². The number of nitro groups is 1. The Morgan fingerprint density at radius 3 is 2.71 bits per heavy atom. The molecule has 0 aliphatic heterocycles. The lowest BCUT2D eigenvalue weighted by Crippen LogP contribution is -2.30. The second kappa shape index (κ2) is 8.21. The van der Waals surface area contributed by atoms with Crippen LogP contribution < -0.4 is 5.32 Å². The van der Waals surface area contributed by atoms with Crippen LogP contribution in [-0.4, -0.2) is 49.1 Å². The highest BCUT2D eigenvalue weighted by atomic mass is 16.6. The maximum absolute atomic E-state index is 12.4. The largest absolute Gasteiger partial charge is 0.385 e. The number of nitrogens with zero attached hydrogens (tertiary/aromatic N) is 2. The molecule has 0 spiro atoms. The second-order valence-electron chi connectivity index (χ2n) is 4.44. The van der Waals surface area contributed by atoms with Crippen LogP contribution in [0.2, 0.25) is 0 Å². The summed E-state index contributed by atoms with van der Waals surface area (Å²) < 4.78 is 5.21. The first-order valence-electron chi connectivity index (χ1n) is 6.86. The van der Waals surface area contributed by atoms with Gasteiger partial charge in [-0.1, -0.05) is 0 Å². The summed E-state index contributed by atoms with van der Waals surface area (Å²) in [6, 6.07) is 4.25. The number of carbonyl (C=O) groups excluding carboxylic acids is 1. The number of hydrogen-bond donors (Lipinski definition) is 1. The molecule has 7 heteroatoms. The van der Waals surface area contributed by atoms with Gasteiger partial charge in [0.2, 0.25) is 0 Å². The lowest BCUT2D eigenvalue weighted by molar-refractivity contribution is -0.384. The minimum absolute atomic E-state index is 0.0989. The summed E-state index contributed by atoms with van der Waals surface area (Å²) in [6.45, 7) is 5.85. The Morgan fingerprint density at radius 2 is 2.14 bits per heavy atom. The number of likely N-dealkylation sites (N-methyl/N-ethyl adjacent to an activating group) is 1. The molecule has 0 unspecified atom stereocenters. The highest BCUT2D eigenvalue weighted by Gasteiger charge is 2.19. The zero-order valence-corrected chi connectivity index (χ0v) is 12.6. The van der Waals surface area contributed by atoms with Crippen molar-refractivity contribution in [1.29, 1.82) is 0 Å². The van der Waals surface area contributed by atoms with Crippen molar-refractivity contribution in [3.8, 4) is 0 Å². The van der Waals surface area contributed by atoms with E-state index in [0.717, 1.165) is 0 Å². The minimum Gasteiger partial charge on any atom is -0.385 e. The smallest absolute Gasteiger partial charge is 0.270 e. The van der Waals surface area contributed by atoms with Crippen molar-refractivity contribution in [2.75, 3.05) is 38.7 Å². The molecule has 0 radical (unpaired) electrons. The first-order valence-corrected chi connectivity index (χ1v) is 6.86. The topological polar surface area (TPSA) is 84.7 Å². The van der Waals surface area contributed by atoms with Crippen LogP contribution in [0.4, 0.5) is 11.4 Å². The molecule has 116 valence electrons. The molecule has 0 saturated carbocycles. The molecule has 7 nitrogen and oxygen atoms in total. The lowest BCUT2D eigenvalue weighted by Gasteiger charge is -2.19. The number of nitro benzene ring substituents is 1. The first kappa shape index (κ1) is 16.9. The van der Waals surface area contributed by atoms with Gasteiger partial charge in [0.25, 0.3) is 11.6 Å².